The maximum Gasteiger partial charge on any atom is 0.410 e. The standard InChI is InChI=1S/C11H22N2O3/c1-8-5-13(6-9(7-14)12-8)10(15)16-11(2,3)4/h8-9,12,14H,5-7H2,1-4H3/t8-,9+/m0/s1. The Balaban J connectivity index is 2.55. The minimum Gasteiger partial charge on any atom is -0.444 e. The fourth-order valence-electron chi connectivity index (χ4n) is 1.76. The van der Waals surface area contributed by atoms with Crippen LogP contribution in [0.5, 0.6) is 0 Å². The number of nitrogens with one attached hydrogen (secondary N) is 1. The van der Waals surface area contributed by atoms with E-state index in [-0.39, 0.29) is 24.8 Å². The Morgan fingerprint density at radius 1 is 1.50 bits per heavy atom. The van der Waals surface area contributed by atoms with Crippen LogP contribution >= 0.6 is 0 Å². The molecule has 0 aromatic carbocycles. The molecule has 0 aromatic heterocycles. The lowest BCUT2D eigenvalue weighted by atomic mass is 10.1. The van der Waals surface area contributed by atoms with Gasteiger partial charge in [0, 0.05) is 25.2 Å². The van der Waals surface area contributed by atoms with Crippen LogP contribution in [0.1, 0.15) is 27.7 Å². The van der Waals surface area contributed by atoms with Crippen molar-refractivity contribution < 1.29 is 14.6 Å². The Labute approximate surface area is 96.8 Å². The minimum absolute atomic E-state index is 0.0314. The Bertz CT molecular complexity index is 250. The first-order valence-corrected chi connectivity index (χ1v) is 5.66. The quantitative estimate of drug-likeness (QED) is 0.691. The summed E-state index contributed by atoms with van der Waals surface area (Å²) >= 11 is 0. The first-order chi connectivity index (χ1) is 7.31. The van der Waals surface area contributed by atoms with Crippen LogP contribution in [0.25, 0.3) is 0 Å². The number of hydrogen-bond acceptors (Lipinski definition) is 4. The molecule has 1 amide bonds. The van der Waals surface area contributed by atoms with Crippen LogP contribution in [-0.4, -0.2) is 53.5 Å². The van der Waals surface area contributed by atoms with Crippen molar-refractivity contribution in [2.45, 2.75) is 45.4 Å². The average Bonchev–Trinajstić information content (AvgIpc) is 2.14. The van der Waals surface area contributed by atoms with Gasteiger partial charge in [0.2, 0.25) is 0 Å². The van der Waals surface area contributed by atoms with Crippen molar-refractivity contribution in [3.05, 3.63) is 0 Å². The zero-order valence-corrected chi connectivity index (χ0v) is 10.5. The Morgan fingerprint density at radius 3 is 2.62 bits per heavy atom. The van der Waals surface area contributed by atoms with Crippen LogP contribution in [0.2, 0.25) is 0 Å². The molecule has 2 N–H and O–H groups in total. The highest BCUT2D eigenvalue weighted by atomic mass is 16.6. The summed E-state index contributed by atoms with van der Waals surface area (Å²) in [5, 5.41) is 12.3. The van der Waals surface area contributed by atoms with E-state index in [1.54, 1.807) is 4.90 Å². The number of hydrogen-bond donors (Lipinski definition) is 2. The molecule has 5 nitrogen and oxygen atoms in total. The van der Waals surface area contributed by atoms with E-state index in [9.17, 15) is 4.79 Å². The third kappa shape index (κ3) is 3.98. The average molecular weight is 230 g/mol. The summed E-state index contributed by atoms with van der Waals surface area (Å²) < 4.78 is 5.30. The van der Waals surface area contributed by atoms with Crippen LogP contribution in [0.3, 0.4) is 0 Å². The van der Waals surface area contributed by atoms with Crippen molar-refractivity contribution in [3.63, 3.8) is 0 Å². The lowest BCUT2D eigenvalue weighted by Crippen LogP contribution is -2.58. The van der Waals surface area contributed by atoms with Crippen LogP contribution in [-0.2, 0) is 4.74 Å². The normalized spacial score (nSPS) is 26.7. The summed E-state index contributed by atoms with van der Waals surface area (Å²) in [6.45, 7) is 8.67. The number of carbonyl (C=O) groups is 1. The van der Waals surface area contributed by atoms with Gasteiger partial charge in [-0.3, -0.25) is 0 Å². The largest absolute Gasteiger partial charge is 0.444 e. The second-order valence-corrected chi connectivity index (χ2v) is 5.33. The molecule has 1 aliphatic heterocycles. The number of aliphatic hydroxyl groups is 1. The number of aliphatic hydroxyl groups excluding tert-OH is 1. The third-order valence-corrected chi connectivity index (χ3v) is 2.33. The summed E-state index contributed by atoms with van der Waals surface area (Å²) in [6, 6.07) is 0.120. The molecule has 1 rings (SSSR count). The fraction of sp³-hybridized carbons (Fsp3) is 0.909. The monoisotopic (exact) mass is 230 g/mol. The number of carbonyl (C=O) groups excluding carboxylic acids is 1. The van der Waals surface area contributed by atoms with Gasteiger partial charge >= 0.3 is 6.09 Å². The molecule has 0 saturated carbocycles. The zero-order valence-electron chi connectivity index (χ0n) is 10.5. The van der Waals surface area contributed by atoms with Crippen molar-refractivity contribution in [3.8, 4) is 0 Å². The summed E-state index contributed by atoms with van der Waals surface area (Å²) in [7, 11) is 0. The molecule has 0 radical (unpaired) electrons. The molecule has 0 aliphatic carbocycles. The Morgan fingerprint density at radius 2 is 2.12 bits per heavy atom. The summed E-state index contributed by atoms with van der Waals surface area (Å²) in [6.07, 6.45) is -0.306. The van der Waals surface area contributed by atoms with Crippen molar-refractivity contribution in [1.82, 2.24) is 10.2 Å². The number of ether oxygens (including phenoxy) is 1. The first kappa shape index (κ1) is 13.3. The lowest BCUT2D eigenvalue weighted by molar-refractivity contribution is 0.0132. The van der Waals surface area contributed by atoms with Crippen molar-refractivity contribution in [2.24, 2.45) is 0 Å². The van der Waals surface area contributed by atoms with E-state index in [1.165, 1.54) is 0 Å². The molecule has 0 spiro atoms. The van der Waals surface area contributed by atoms with Crippen molar-refractivity contribution in [2.75, 3.05) is 19.7 Å². The van der Waals surface area contributed by atoms with Crippen molar-refractivity contribution in [1.29, 1.82) is 0 Å². The molecule has 94 valence electrons. The Kier molecular flexibility index (Phi) is 4.15. The molecule has 1 saturated heterocycles. The number of rotatable bonds is 1. The van der Waals surface area contributed by atoms with E-state index in [0.717, 1.165) is 0 Å². The van der Waals surface area contributed by atoms with Gasteiger partial charge < -0.3 is 20.1 Å². The fourth-order valence-corrected chi connectivity index (χ4v) is 1.76. The lowest BCUT2D eigenvalue weighted by Gasteiger charge is -2.37. The predicted molar refractivity (Wildman–Crippen MR) is 61.3 cm³/mol. The molecule has 1 heterocycles. The number of nitrogens with zero attached hydrogens (tertiary/aromatic N) is 1. The molecule has 1 aliphatic rings. The van der Waals surface area contributed by atoms with Crippen LogP contribution in [0, 0.1) is 0 Å². The van der Waals surface area contributed by atoms with Gasteiger partial charge in [-0.05, 0) is 27.7 Å². The SMILES string of the molecule is C[C@H]1CN(C(=O)OC(C)(C)C)C[C@H](CO)N1. The van der Waals surface area contributed by atoms with Gasteiger partial charge in [0.1, 0.15) is 5.60 Å². The highest BCUT2D eigenvalue weighted by Crippen LogP contribution is 2.12. The van der Waals surface area contributed by atoms with Gasteiger partial charge in [0.05, 0.1) is 6.61 Å². The first-order valence-electron chi connectivity index (χ1n) is 5.66. The van der Waals surface area contributed by atoms with Gasteiger partial charge in [-0.25, -0.2) is 4.79 Å². The zero-order chi connectivity index (χ0) is 12.3. The van der Waals surface area contributed by atoms with E-state index in [4.69, 9.17) is 9.84 Å². The van der Waals surface area contributed by atoms with Crippen molar-refractivity contribution >= 4 is 6.09 Å². The summed E-state index contributed by atoms with van der Waals surface area (Å²) in [4.78, 5) is 13.5. The van der Waals surface area contributed by atoms with Crippen LogP contribution < -0.4 is 5.32 Å². The topological polar surface area (TPSA) is 61.8 Å². The maximum atomic E-state index is 11.8. The molecular formula is C11H22N2O3. The number of piperazine rings is 1. The molecule has 5 heteroatoms. The molecule has 0 unspecified atom stereocenters. The minimum atomic E-state index is -0.472. The van der Waals surface area contributed by atoms with E-state index >= 15 is 0 Å². The van der Waals surface area contributed by atoms with Crippen LogP contribution in [0.4, 0.5) is 4.79 Å². The summed E-state index contributed by atoms with van der Waals surface area (Å²) in [5.74, 6) is 0. The highest BCUT2D eigenvalue weighted by molar-refractivity contribution is 5.68. The second-order valence-electron chi connectivity index (χ2n) is 5.33. The highest BCUT2D eigenvalue weighted by Gasteiger charge is 2.29. The molecular weight excluding hydrogens is 208 g/mol. The number of amides is 1. The van der Waals surface area contributed by atoms with Gasteiger partial charge in [0.15, 0.2) is 0 Å². The molecule has 16 heavy (non-hydrogen) atoms. The predicted octanol–water partition coefficient (Wildman–Crippen LogP) is 0.576. The smallest absolute Gasteiger partial charge is 0.410 e. The van der Waals surface area contributed by atoms with E-state index in [0.29, 0.717) is 13.1 Å². The van der Waals surface area contributed by atoms with Crippen LogP contribution in [0.15, 0.2) is 0 Å². The summed E-state index contributed by atoms with van der Waals surface area (Å²) in [5.41, 5.74) is -0.472. The molecule has 0 bridgehead atoms. The van der Waals surface area contributed by atoms with E-state index in [2.05, 4.69) is 5.32 Å². The molecule has 2 atom stereocenters. The molecule has 1 fully saturated rings. The Hall–Kier alpha value is -0.810. The maximum absolute atomic E-state index is 11.8. The third-order valence-electron chi connectivity index (χ3n) is 2.33. The van der Waals surface area contributed by atoms with Gasteiger partial charge in [0.25, 0.3) is 0 Å². The van der Waals surface area contributed by atoms with Gasteiger partial charge in [-0.1, -0.05) is 0 Å². The van der Waals surface area contributed by atoms with E-state index < -0.39 is 5.60 Å². The van der Waals surface area contributed by atoms with E-state index in [1.807, 2.05) is 27.7 Å². The van der Waals surface area contributed by atoms with Gasteiger partial charge in [-0.15, -0.1) is 0 Å². The van der Waals surface area contributed by atoms with Gasteiger partial charge in [-0.2, -0.15) is 0 Å². The second kappa shape index (κ2) is 5.01. The molecule has 0 aromatic rings.